The zero-order chi connectivity index (χ0) is 30.7. The van der Waals surface area contributed by atoms with Crippen molar-refractivity contribution in [1.82, 2.24) is 0 Å². The van der Waals surface area contributed by atoms with Gasteiger partial charge in [0.15, 0.2) is 11.5 Å². The fraction of sp³-hybridized carbons (Fsp3) is 0.111. The van der Waals surface area contributed by atoms with Gasteiger partial charge in [-0.3, -0.25) is 0 Å². The van der Waals surface area contributed by atoms with Crippen LogP contribution in [0.5, 0.6) is 34.5 Å². The summed E-state index contributed by atoms with van der Waals surface area (Å²) in [4.78, 5) is 25.6. The van der Waals surface area contributed by atoms with Crippen LogP contribution in [-0.4, -0.2) is 26.2 Å². The molecule has 8 heteroatoms. The van der Waals surface area contributed by atoms with Crippen molar-refractivity contribution < 1.29 is 38.0 Å². The highest BCUT2D eigenvalue weighted by atomic mass is 16.5. The minimum absolute atomic E-state index is 0.0129. The van der Waals surface area contributed by atoms with Gasteiger partial charge in [0.05, 0.1) is 19.8 Å². The van der Waals surface area contributed by atoms with Crippen LogP contribution in [0.25, 0.3) is 0 Å². The third kappa shape index (κ3) is 7.54. The summed E-state index contributed by atoms with van der Waals surface area (Å²) in [6, 6.07) is 36.7. The SMILES string of the molecule is COC(=O)c1ccc(OCc2cccc(Oc3ccccc3)c2)c(OCc2cccc(Oc3ccccc3)c2)c1C(=O)OC. The Morgan fingerprint density at radius 2 is 1.02 bits per heavy atom. The lowest BCUT2D eigenvalue weighted by atomic mass is 10.1. The fourth-order valence-corrected chi connectivity index (χ4v) is 4.37. The number of para-hydroxylation sites is 2. The summed E-state index contributed by atoms with van der Waals surface area (Å²) in [5, 5.41) is 0. The number of carbonyl (C=O) groups is 2. The van der Waals surface area contributed by atoms with Gasteiger partial charge in [-0.1, -0.05) is 60.7 Å². The predicted octanol–water partition coefficient (Wildman–Crippen LogP) is 8.00. The zero-order valence-electron chi connectivity index (χ0n) is 24.2. The van der Waals surface area contributed by atoms with E-state index in [1.54, 1.807) is 6.07 Å². The van der Waals surface area contributed by atoms with Crippen molar-refractivity contribution in [1.29, 1.82) is 0 Å². The minimum Gasteiger partial charge on any atom is -0.485 e. The molecule has 222 valence electrons. The van der Waals surface area contributed by atoms with Gasteiger partial charge in [0.1, 0.15) is 41.8 Å². The van der Waals surface area contributed by atoms with Gasteiger partial charge in [-0.15, -0.1) is 0 Å². The lowest BCUT2D eigenvalue weighted by molar-refractivity contribution is 0.0549. The van der Waals surface area contributed by atoms with Crippen LogP contribution in [0.4, 0.5) is 0 Å². The van der Waals surface area contributed by atoms with Crippen LogP contribution in [0.15, 0.2) is 121 Å². The molecule has 0 fully saturated rings. The number of methoxy groups -OCH3 is 2. The van der Waals surface area contributed by atoms with Crippen molar-refractivity contribution in [3.63, 3.8) is 0 Å². The number of esters is 2. The van der Waals surface area contributed by atoms with E-state index < -0.39 is 11.9 Å². The first-order chi connectivity index (χ1) is 21.5. The van der Waals surface area contributed by atoms with E-state index >= 15 is 0 Å². The van der Waals surface area contributed by atoms with Crippen LogP contribution >= 0.6 is 0 Å². The summed E-state index contributed by atoms with van der Waals surface area (Å²) >= 11 is 0. The molecule has 0 spiro atoms. The molecule has 0 N–H and O–H groups in total. The average molecular weight is 591 g/mol. The number of hydrogen-bond donors (Lipinski definition) is 0. The highest BCUT2D eigenvalue weighted by molar-refractivity contribution is 6.05. The maximum absolute atomic E-state index is 13.0. The summed E-state index contributed by atoms with van der Waals surface area (Å²) in [6.45, 7) is 0.165. The second kappa shape index (κ2) is 14.4. The van der Waals surface area contributed by atoms with E-state index in [2.05, 4.69) is 0 Å². The summed E-state index contributed by atoms with van der Waals surface area (Å²) in [5.74, 6) is 1.45. The molecule has 0 saturated carbocycles. The Balaban J connectivity index is 1.41. The molecule has 5 aromatic carbocycles. The molecule has 0 aliphatic rings. The van der Waals surface area contributed by atoms with Crippen molar-refractivity contribution in [3.05, 3.63) is 144 Å². The molecule has 44 heavy (non-hydrogen) atoms. The number of ether oxygens (including phenoxy) is 6. The van der Waals surface area contributed by atoms with Crippen LogP contribution in [0, 0.1) is 0 Å². The molecular weight excluding hydrogens is 560 g/mol. The molecule has 5 rings (SSSR count). The van der Waals surface area contributed by atoms with Crippen LogP contribution in [-0.2, 0) is 22.7 Å². The molecule has 0 unspecified atom stereocenters. The van der Waals surface area contributed by atoms with E-state index in [9.17, 15) is 9.59 Å². The van der Waals surface area contributed by atoms with Crippen molar-refractivity contribution in [3.8, 4) is 34.5 Å². The first-order valence-corrected chi connectivity index (χ1v) is 13.8. The van der Waals surface area contributed by atoms with Gasteiger partial charge in [0, 0.05) is 0 Å². The van der Waals surface area contributed by atoms with Gasteiger partial charge in [-0.25, -0.2) is 9.59 Å². The predicted molar refractivity (Wildman–Crippen MR) is 164 cm³/mol. The molecule has 0 amide bonds. The van der Waals surface area contributed by atoms with Crippen molar-refractivity contribution in [2.24, 2.45) is 0 Å². The fourth-order valence-electron chi connectivity index (χ4n) is 4.37. The quantitative estimate of drug-likeness (QED) is 0.135. The number of benzene rings is 5. The Labute approximate surface area is 255 Å². The summed E-state index contributed by atoms with van der Waals surface area (Å²) < 4.78 is 34.2. The van der Waals surface area contributed by atoms with Crippen LogP contribution in [0.1, 0.15) is 31.8 Å². The Morgan fingerprint density at radius 3 is 1.55 bits per heavy atom. The van der Waals surface area contributed by atoms with E-state index in [0.29, 0.717) is 23.0 Å². The molecular formula is C36H30O8. The number of hydrogen-bond acceptors (Lipinski definition) is 8. The molecule has 0 heterocycles. The molecule has 0 radical (unpaired) electrons. The van der Waals surface area contributed by atoms with E-state index in [4.69, 9.17) is 28.4 Å². The Hall–Kier alpha value is -5.76. The van der Waals surface area contributed by atoms with Gasteiger partial charge in [0.2, 0.25) is 0 Å². The summed E-state index contributed by atoms with van der Waals surface area (Å²) in [6.07, 6.45) is 0. The Morgan fingerprint density at radius 1 is 0.523 bits per heavy atom. The normalized spacial score (nSPS) is 10.4. The lowest BCUT2D eigenvalue weighted by Gasteiger charge is -2.18. The van der Waals surface area contributed by atoms with E-state index in [1.807, 2.05) is 109 Å². The minimum atomic E-state index is -0.773. The standard InChI is InChI=1S/C36H30O8/c1-39-35(37)31-19-20-32(41-23-25-11-9-17-29(21-25)43-27-13-5-3-6-14-27)34(33(31)36(38)40-2)42-24-26-12-10-18-30(22-26)44-28-15-7-4-8-16-28/h3-22H,23-24H2,1-2H3. The third-order valence-corrected chi connectivity index (χ3v) is 6.45. The van der Waals surface area contributed by atoms with Crippen molar-refractivity contribution >= 4 is 11.9 Å². The third-order valence-electron chi connectivity index (χ3n) is 6.45. The van der Waals surface area contributed by atoms with Gasteiger partial charge < -0.3 is 28.4 Å². The van der Waals surface area contributed by atoms with Gasteiger partial charge in [-0.2, -0.15) is 0 Å². The topological polar surface area (TPSA) is 89.5 Å². The zero-order valence-corrected chi connectivity index (χ0v) is 24.2. The molecule has 0 bridgehead atoms. The second-order valence-corrected chi connectivity index (χ2v) is 9.50. The van der Waals surface area contributed by atoms with Gasteiger partial charge in [-0.05, 0) is 71.8 Å². The monoisotopic (exact) mass is 590 g/mol. The second-order valence-electron chi connectivity index (χ2n) is 9.50. The molecule has 5 aromatic rings. The number of carbonyl (C=O) groups excluding carboxylic acids is 2. The lowest BCUT2D eigenvalue weighted by Crippen LogP contribution is -2.15. The summed E-state index contributed by atoms with van der Waals surface area (Å²) in [7, 11) is 2.46. The summed E-state index contributed by atoms with van der Waals surface area (Å²) in [5.41, 5.74) is 1.46. The first kappa shape index (κ1) is 29.7. The Kier molecular flexibility index (Phi) is 9.74. The number of rotatable bonds is 12. The van der Waals surface area contributed by atoms with Crippen LogP contribution in [0.3, 0.4) is 0 Å². The maximum Gasteiger partial charge on any atom is 0.342 e. The molecule has 8 nitrogen and oxygen atoms in total. The highest BCUT2D eigenvalue weighted by Gasteiger charge is 2.27. The average Bonchev–Trinajstić information content (AvgIpc) is 3.06. The highest BCUT2D eigenvalue weighted by Crippen LogP contribution is 2.37. The molecule has 0 aromatic heterocycles. The van der Waals surface area contributed by atoms with E-state index in [-0.39, 0.29) is 35.8 Å². The van der Waals surface area contributed by atoms with Gasteiger partial charge in [0.25, 0.3) is 0 Å². The first-order valence-electron chi connectivity index (χ1n) is 13.8. The van der Waals surface area contributed by atoms with Crippen LogP contribution < -0.4 is 18.9 Å². The molecule has 0 aliphatic heterocycles. The van der Waals surface area contributed by atoms with E-state index in [0.717, 1.165) is 11.1 Å². The Bertz CT molecular complexity index is 1720. The smallest absolute Gasteiger partial charge is 0.342 e. The molecule has 0 aliphatic carbocycles. The molecule has 0 atom stereocenters. The van der Waals surface area contributed by atoms with Crippen molar-refractivity contribution in [2.75, 3.05) is 14.2 Å². The van der Waals surface area contributed by atoms with Gasteiger partial charge >= 0.3 is 11.9 Å². The largest absolute Gasteiger partial charge is 0.485 e. The van der Waals surface area contributed by atoms with E-state index in [1.165, 1.54) is 20.3 Å². The van der Waals surface area contributed by atoms with Crippen LogP contribution in [0.2, 0.25) is 0 Å². The molecule has 0 saturated heterocycles. The van der Waals surface area contributed by atoms with Crippen molar-refractivity contribution in [2.45, 2.75) is 13.2 Å². The maximum atomic E-state index is 13.0.